The number of nitrogens with two attached hydrogens (primary N) is 1. The summed E-state index contributed by atoms with van der Waals surface area (Å²) in [5, 5.41) is 9.81. The van der Waals surface area contributed by atoms with Crippen molar-refractivity contribution >= 4 is 28.5 Å². The molecule has 3 N–H and O–H groups in total. The third kappa shape index (κ3) is 2.77. The lowest BCUT2D eigenvalue weighted by atomic mass is 10.0. The third-order valence-corrected chi connectivity index (χ3v) is 4.02. The van der Waals surface area contributed by atoms with Crippen molar-refractivity contribution in [3.05, 3.63) is 27.3 Å². The molecule has 1 atom stereocenters. The van der Waals surface area contributed by atoms with Gasteiger partial charge in [0.05, 0.1) is 5.56 Å². The molecule has 0 radical (unpaired) electrons. The summed E-state index contributed by atoms with van der Waals surface area (Å²) < 4.78 is 0.940. The fraction of sp³-hybridized carbons (Fsp3) is 0.462. The van der Waals surface area contributed by atoms with Crippen LogP contribution in [0.25, 0.3) is 0 Å². The second kappa shape index (κ2) is 5.88. The number of benzene rings is 1. The van der Waals surface area contributed by atoms with E-state index in [1.54, 1.807) is 23.1 Å². The number of hydrogen-bond donors (Lipinski definition) is 2. The van der Waals surface area contributed by atoms with Gasteiger partial charge in [0, 0.05) is 22.7 Å². The number of hydrogen-bond acceptors (Lipinski definition) is 3. The van der Waals surface area contributed by atoms with Crippen molar-refractivity contribution in [3.8, 4) is 5.75 Å². The van der Waals surface area contributed by atoms with Gasteiger partial charge in [0.15, 0.2) is 0 Å². The van der Waals surface area contributed by atoms with E-state index in [9.17, 15) is 9.90 Å². The van der Waals surface area contributed by atoms with Crippen LogP contribution in [0.1, 0.15) is 29.6 Å². The van der Waals surface area contributed by atoms with E-state index in [2.05, 4.69) is 22.6 Å². The first-order valence-corrected chi connectivity index (χ1v) is 7.21. The highest BCUT2D eigenvalue weighted by atomic mass is 127. The molecule has 1 unspecified atom stereocenters. The van der Waals surface area contributed by atoms with Crippen molar-refractivity contribution in [2.24, 2.45) is 5.73 Å². The lowest BCUT2D eigenvalue weighted by Crippen LogP contribution is -2.47. The Hall–Kier alpha value is -0.820. The Balaban J connectivity index is 2.26. The van der Waals surface area contributed by atoms with Gasteiger partial charge in [0.1, 0.15) is 5.75 Å². The van der Waals surface area contributed by atoms with Crippen LogP contribution in [0.4, 0.5) is 0 Å². The lowest BCUT2D eigenvalue weighted by molar-refractivity contribution is 0.0620. The van der Waals surface area contributed by atoms with Gasteiger partial charge in [-0.1, -0.05) is 0 Å². The molecule has 0 saturated carbocycles. The van der Waals surface area contributed by atoms with E-state index in [0.717, 1.165) is 29.4 Å². The largest absolute Gasteiger partial charge is 0.507 e. The van der Waals surface area contributed by atoms with Crippen LogP contribution < -0.4 is 5.73 Å². The molecule has 4 nitrogen and oxygen atoms in total. The predicted octanol–water partition coefficient (Wildman–Crippen LogP) is 1.95. The second-order valence-electron chi connectivity index (χ2n) is 4.55. The minimum Gasteiger partial charge on any atom is -0.507 e. The van der Waals surface area contributed by atoms with E-state index in [0.29, 0.717) is 12.1 Å². The fourth-order valence-electron chi connectivity index (χ4n) is 2.35. The van der Waals surface area contributed by atoms with E-state index >= 15 is 0 Å². The number of nitrogens with zero attached hydrogens (tertiary/aromatic N) is 1. The molecule has 0 aliphatic carbocycles. The van der Waals surface area contributed by atoms with Gasteiger partial charge in [0.25, 0.3) is 5.91 Å². The van der Waals surface area contributed by atoms with Crippen molar-refractivity contribution in [1.29, 1.82) is 0 Å². The molecular weight excluding hydrogens is 343 g/mol. The smallest absolute Gasteiger partial charge is 0.257 e. The van der Waals surface area contributed by atoms with Crippen LogP contribution in [0.3, 0.4) is 0 Å². The summed E-state index contributed by atoms with van der Waals surface area (Å²) in [5.41, 5.74) is 6.10. The first-order valence-electron chi connectivity index (χ1n) is 6.13. The number of rotatable bonds is 2. The topological polar surface area (TPSA) is 66.6 Å². The number of aromatic hydroxyl groups is 1. The molecule has 0 spiro atoms. The highest BCUT2D eigenvalue weighted by molar-refractivity contribution is 14.1. The fourth-order valence-corrected chi connectivity index (χ4v) is 2.84. The summed E-state index contributed by atoms with van der Waals surface area (Å²) in [6.07, 6.45) is 3.07. The number of phenols is 1. The molecule has 1 aliphatic heterocycles. The number of amides is 1. The Morgan fingerprint density at radius 3 is 3.00 bits per heavy atom. The molecule has 1 amide bonds. The van der Waals surface area contributed by atoms with Crippen LogP contribution in [-0.2, 0) is 0 Å². The summed E-state index contributed by atoms with van der Waals surface area (Å²) in [6, 6.07) is 5.17. The quantitative estimate of drug-likeness (QED) is 0.793. The SMILES string of the molecule is NCC1CCCCN1C(=O)c1cc(I)ccc1O. The molecular formula is C13H17IN2O2. The standard InChI is InChI=1S/C13H17IN2O2/c14-9-4-5-12(17)11(7-9)13(18)16-6-2-1-3-10(16)8-15/h4-5,7,10,17H,1-3,6,8,15H2. The molecule has 2 rings (SSSR count). The number of carbonyl (C=O) groups excluding carboxylic acids is 1. The number of halogens is 1. The molecule has 5 heteroatoms. The first kappa shape index (κ1) is 13.6. The summed E-state index contributed by atoms with van der Waals surface area (Å²) in [5.74, 6) is -0.0667. The lowest BCUT2D eigenvalue weighted by Gasteiger charge is -2.35. The minimum atomic E-state index is -0.110. The number of likely N-dealkylation sites (tertiary alicyclic amines) is 1. The van der Waals surface area contributed by atoms with Crippen LogP contribution in [0.15, 0.2) is 18.2 Å². The highest BCUT2D eigenvalue weighted by Gasteiger charge is 2.27. The normalized spacial score (nSPS) is 19.9. The molecule has 18 heavy (non-hydrogen) atoms. The van der Waals surface area contributed by atoms with Crippen LogP contribution in [0.5, 0.6) is 5.75 Å². The average Bonchev–Trinajstić information content (AvgIpc) is 2.40. The monoisotopic (exact) mass is 360 g/mol. The maximum absolute atomic E-state index is 12.4. The van der Waals surface area contributed by atoms with Gasteiger partial charge >= 0.3 is 0 Å². The number of phenolic OH excluding ortho intramolecular Hbond substituents is 1. The predicted molar refractivity (Wildman–Crippen MR) is 78.6 cm³/mol. The maximum atomic E-state index is 12.4. The first-order chi connectivity index (χ1) is 8.63. The van der Waals surface area contributed by atoms with Gasteiger partial charge in [-0.2, -0.15) is 0 Å². The van der Waals surface area contributed by atoms with E-state index in [1.807, 2.05) is 0 Å². The Bertz CT molecular complexity index is 451. The van der Waals surface area contributed by atoms with Gasteiger partial charge in [-0.25, -0.2) is 0 Å². The van der Waals surface area contributed by atoms with Crippen LogP contribution in [0, 0.1) is 3.57 Å². The van der Waals surface area contributed by atoms with E-state index in [4.69, 9.17) is 5.73 Å². The van der Waals surface area contributed by atoms with Gasteiger partial charge in [-0.3, -0.25) is 4.79 Å². The summed E-state index contributed by atoms with van der Waals surface area (Å²) in [7, 11) is 0. The van der Waals surface area contributed by atoms with E-state index in [1.165, 1.54) is 0 Å². The van der Waals surface area contributed by atoms with Gasteiger partial charge in [-0.15, -0.1) is 0 Å². The zero-order valence-corrected chi connectivity index (χ0v) is 12.3. The minimum absolute atomic E-state index is 0.0433. The molecule has 1 aromatic carbocycles. The van der Waals surface area contributed by atoms with Crippen LogP contribution in [-0.4, -0.2) is 35.0 Å². The summed E-state index contributed by atoms with van der Waals surface area (Å²) >= 11 is 2.13. The summed E-state index contributed by atoms with van der Waals surface area (Å²) in [6.45, 7) is 1.21. The van der Waals surface area contributed by atoms with E-state index < -0.39 is 0 Å². The molecule has 0 aromatic heterocycles. The van der Waals surface area contributed by atoms with Crippen LogP contribution in [0.2, 0.25) is 0 Å². The maximum Gasteiger partial charge on any atom is 0.257 e. The second-order valence-corrected chi connectivity index (χ2v) is 5.79. The molecule has 98 valence electrons. The molecule has 1 heterocycles. The average molecular weight is 360 g/mol. The van der Waals surface area contributed by atoms with Crippen molar-refractivity contribution in [3.63, 3.8) is 0 Å². The molecule has 1 fully saturated rings. The number of piperidine rings is 1. The highest BCUT2D eigenvalue weighted by Crippen LogP contribution is 2.25. The van der Waals surface area contributed by atoms with Crippen molar-refractivity contribution in [1.82, 2.24) is 4.90 Å². The van der Waals surface area contributed by atoms with Gasteiger partial charge in [0.2, 0.25) is 0 Å². The van der Waals surface area contributed by atoms with Crippen molar-refractivity contribution in [2.45, 2.75) is 25.3 Å². The van der Waals surface area contributed by atoms with Gasteiger partial charge in [-0.05, 0) is 60.1 Å². The van der Waals surface area contributed by atoms with E-state index in [-0.39, 0.29) is 17.7 Å². The van der Waals surface area contributed by atoms with Crippen LogP contribution >= 0.6 is 22.6 Å². The third-order valence-electron chi connectivity index (χ3n) is 3.35. The Labute approximate surface area is 120 Å². The molecule has 0 bridgehead atoms. The molecule has 1 aromatic rings. The van der Waals surface area contributed by atoms with Crippen molar-refractivity contribution < 1.29 is 9.90 Å². The zero-order chi connectivity index (χ0) is 13.1. The Morgan fingerprint density at radius 2 is 2.28 bits per heavy atom. The van der Waals surface area contributed by atoms with Gasteiger partial charge < -0.3 is 15.7 Å². The van der Waals surface area contributed by atoms with Crippen molar-refractivity contribution in [2.75, 3.05) is 13.1 Å². The Morgan fingerprint density at radius 1 is 1.50 bits per heavy atom. The Kier molecular flexibility index (Phi) is 4.45. The summed E-state index contributed by atoms with van der Waals surface area (Å²) in [4.78, 5) is 14.2. The molecule has 1 aliphatic rings. The number of carbonyl (C=O) groups is 1. The zero-order valence-electron chi connectivity index (χ0n) is 10.1. The molecule has 1 saturated heterocycles.